The maximum atomic E-state index is 6.16. The summed E-state index contributed by atoms with van der Waals surface area (Å²) in [6, 6.07) is 0. The normalized spacial score (nSPS) is 18.7. The minimum atomic E-state index is -0.0213. The van der Waals surface area contributed by atoms with Crippen molar-refractivity contribution < 1.29 is 4.74 Å². The zero-order valence-electron chi connectivity index (χ0n) is 11.0. The van der Waals surface area contributed by atoms with Crippen molar-refractivity contribution in [3.63, 3.8) is 0 Å². The molecule has 0 atom stereocenters. The Morgan fingerprint density at radius 3 is 2.89 bits per heavy atom. The summed E-state index contributed by atoms with van der Waals surface area (Å²) < 4.78 is 7.11. The predicted octanol–water partition coefficient (Wildman–Crippen LogP) is 2.07. The van der Waals surface area contributed by atoms with E-state index in [1.165, 1.54) is 6.33 Å². The highest BCUT2D eigenvalue weighted by Gasteiger charge is 2.29. The molecule has 2 aromatic rings. The average Bonchev–Trinajstić information content (AvgIpc) is 2.83. The molecule has 2 aromatic heterocycles. The molecular formula is C12H16ClN5O. The number of hydrogen-bond acceptors (Lipinski definition) is 5. The molecule has 6 nitrogen and oxygen atoms in total. The summed E-state index contributed by atoms with van der Waals surface area (Å²) in [7, 11) is 0. The van der Waals surface area contributed by atoms with E-state index in [9.17, 15) is 0 Å². The number of rotatable bonds is 2. The number of anilines is 1. The molecule has 1 N–H and O–H groups in total. The van der Waals surface area contributed by atoms with Crippen molar-refractivity contribution in [2.24, 2.45) is 0 Å². The number of fused-ring (bicyclic) bond motifs is 1. The lowest BCUT2D eigenvalue weighted by Crippen LogP contribution is -2.41. The highest BCUT2D eigenvalue weighted by molar-refractivity contribution is 6.30. The lowest BCUT2D eigenvalue weighted by molar-refractivity contribution is 0.0656. The Morgan fingerprint density at radius 2 is 2.16 bits per heavy atom. The monoisotopic (exact) mass is 281 g/mol. The predicted molar refractivity (Wildman–Crippen MR) is 72.6 cm³/mol. The van der Waals surface area contributed by atoms with Gasteiger partial charge < -0.3 is 10.1 Å². The van der Waals surface area contributed by atoms with Crippen molar-refractivity contribution in [2.75, 3.05) is 18.5 Å². The Labute approximate surface area is 116 Å². The van der Waals surface area contributed by atoms with Gasteiger partial charge in [-0.25, -0.2) is 0 Å². The van der Waals surface area contributed by atoms with Gasteiger partial charge >= 0.3 is 0 Å². The topological polar surface area (TPSA) is 64.3 Å². The number of nitrogens with one attached hydrogen (secondary N) is 1. The second kappa shape index (κ2) is 4.61. The summed E-state index contributed by atoms with van der Waals surface area (Å²) >= 11 is 6.16. The van der Waals surface area contributed by atoms with Gasteiger partial charge in [-0.05, 0) is 26.7 Å². The summed E-state index contributed by atoms with van der Waals surface area (Å²) in [5.41, 5.74) is 0.861. The standard InChI is InChI=1S/C12H16ClN5O/c1-8-9(13)16-11-14-7-15-18(11)10(8)17-12(2)3-5-19-6-4-12/h7,17H,3-6H2,1-2H3. The van der Waals surface area contributed by atoms with Crippen molar-refractivity contribution in [3.8, 4) is 0 Å². The maximum absolute atomic E-state index is 6.16. The fraction of sp³-hybridized carbons (Fsp3) is 0.583. The number of hydrogen-bond donors (Lipinski definition) is 1. The summed E-state index contributed by atoms with van der Waals surface area (Å²) in [6.45, 7) is 5.65. The molecule has 0 spiro atoms. The first-order valence-electron chi connectivity index (χ1n) is 6.31. The highest BCUT2D eigenvalue weighted by atomic mass is 35.5. The number of ether oxygens (including phenoxy) is 1. The van der Waals surface area contributed by atoms with Crippen LogP contribution in [-0.4, -0.2) is 38.3 Å². The molecule has 1 aliphatic rings. The molecule has 0 saturated carbocycles. The maximum Gasteiger partial charge on any atom is 0.255 e. The van der Waals surface area contributed by atoms with Gasteiger partial charge in [0.2, 0.25) is 0 Å². The largest absolute Gasteiger partial charge is 0.381 e. The van der Waals surface area contributed by atoms with Gasteiger partial charge in [-0.1, -0.05) is 11.6 Å². The molecule has 0 amide bonds. The van der Waals surface area contributed by atoms with Crippen molar-refractivity contribution in [2.45, 2.75) is 32.2 Å². The molecule has 0 aliphatic carbocycles. The second-order valence-corrected chi connectivity index (χ2v) is 5.50. The first kappa shape index (κ1) is 12.6. The van der Waals surface area contributed by atoms with Gasteiger partial charge in [-0.3, -0.25) is 0 Å². The smallest absolute Gasteiger partial charge is 0.255 e. The van der Waals surface area contributed by atoms with Crippen LogP contribution in [-0.2, 0) is 4.74 Å². The molecule has 102 valence electrons. The van der Waals surface area contributed by atoms with Crippen LogP contribution in [0.2, 0.25) is 5.15 Å². The minimum absolute atomic E-state index is 0.0213. The highest BCUT2D eigenvalue weighted by Crippen LogP contribution is 2.29. The molecule has 1 saturated heterocycles. The van der Waals surface area contributed by atoms with Gasteiger partial charge in [0.05, 0.1) is 0 Å². The van der Waals surface area contributed by atoms with E-state index in [-0.39, 0.29) is 5.54 Å². The number of nitrogens with zero attached hydrogens (tertiary/aromatic N) is 4. The molecule has 1 aliphatic heterocycles. The Balaban J connectivity index is 2.03. The van der Waals surface area contributed by atoms with Crippen LogP contribution in [0.5, 0.6) is 0 Å². The molecule has 1 fully saturated rings. The van der Waals surface area contributed by atoms with E-state index in [1.807, 2.05) is 6.92 Å². The molecule has 19 heavy (non-hydrogen) atoms. The van der Waals surface area contributed by atoms with Crippen LogP contribution >= 0.6 is 11.6 Å². The third kappa shape index (κ3) is 2.26. The van der Waals surface area contributed by atoms with E-state index in [0.29, 0.717) is 10.9 Å². The van der Waals surface area contributed by atoms with Crippen molar-refractivity contribution in [1.82, 2.24) is 19.6 Å². The number of halogens is 1. The lowest BCUT2D eigenvalue weighted by Gasteiger charge is -2.35. The van der Waals surface area contributed by atoms with Gasteiger partial charge in [0.15, 0.2) is 0 Å². The molecule has 0 unspecified atom stereocenters. The van der Waals surface area contributed by atoms with E-state index >= 15 is 0 Å². The van der Waals surface area contributed by atoms with Crippen LogP contribution in [0, 0.1) is 6.92 Å². The van der Waals surface area contributed by atoms with Crippen molar-refractivity contribution in [1.29, 1.82) is 0 Å². The molecule has 0 radical (unpaired) electrons. The SMILES string of the molecule is Cc1c(Cl)nc2ncnn2c1NC1(C)CCOCC1. The molecular weight excluding hydrogens is 266 g/mol. The van der Waals surface area contributed by atoms with Gasteiger partial charge in [-0.2, -0.15) is 19.6 Å². The van der Waals surface area contributed by atoms with E-state index < -0.39 is 0 Å². The van der Waals surface area contributed by atoms with Crippen LogP contribution in [0.15, 0.2) is 6.33 Å². The number of aromatic nitrogens is 4. The second-order valence-electron chi connectivity index (χ2n) is 5.15. The summed E-state index contributed by atoms with van der Waals surface area (Å²) in [4.78, 5) is 8.29. The fourth-order valence-electron chi connectivity index (χ4n) is 2.28. The van der Waals surface area contributed by atoms with Crippen LogP contribution in [0.25, 0.3) is 5.78 Å². The molecule has 7 heteroatoms. The van der Waals surface area contributed by atoms with Gasteiger partial charge in [0.25, 0.3) is 5.78 Å². The molecule has 0 bridgehead atoms. The fourth-order valence-corrected chi connectivity index (χ4v) is 2.44. The van der Waals surface area contributed by atoms with E-state index in [1.54, 1.807) is 4.52 Å². The van der Waals surface area contributed by atoms with Gasteiger partial charge in [-0.15, -0.1) is 0 Å². The van der Waals surface area contributed by atoms with Crippen molar-refractivity contribution in [3.05, 3.63) is 17.0 Å². The Kier molecular flexibility index (Phi) is 3.06. The van der Waals surface area contributed by atoms with E-state index in [0.717, 1.165) is 37.4 Å². The van der Waals surface area contributed by atoms with Gasteiger partial charge in [0, 0.05) is 24.3 Å². The third-order valence-electron chi connectivity index (χ3n) is 3.62. The summed E-state index contributed by atoms with van der Waals surface area (Å²) in [5.74, 6) is 1.37. The zero-order valence-corrected chi connectivity index (χ0v) is 11.7. The van der Waals surface area contributed by atoms with Crippen LogP contribution in [0.3, 0.4) is 0 Å². The van der Waals surface area contributed by atoms with Crippen LogP contribution in [0.4, 0.5) is 5.82 Å². The quantitative estimate of drug-likeness (QED) is 0.854. The average molecular weight is 282 g/mol. The van der Waals surface area contributed by atoms with Crippen LogP contribution < -0.4 is 5.32 Å². The molecule has 3 heterocycles. The summed E-state index contributed by atoms with van der Waals surface area (Å²) in [5, 5.41) is 8.22. The Hall–Kier alpha value is -1.40. The summed E-state index contributed by atoms with van der Waals surface area (Å²) in [6.07, 6.45) is 3.38. The lowest BCUT2D eigenvalue weighted by atomic mass is 9.92. The molecule has 0 aromatic carbocycles. The molecule has 3 rings (SSSR count). The Bertz CT molecular complexity index is 605. The van der Waals surface area contributed by atoms with E-state index in [4.69, 9.17) is 16.3 Å². The Morgan fingerprint density at radius 1 is 1.42 bits per heavy atom. The van der Waals surface area contributed by atoms with Crippen molar-refractivity contribution >= 4 is 23.2 Å². The van der Waals surface area contributed by atoms with Gasteiger partial charge in [0.1, 0.15) is 17.3 Å². The first-order chi connectivity index (χ1) is 9.09. The van der Waals surface area contributed by atoms with Crippen LogP contribution in [0.1, 0.15) is 25.3 Å². The zero-order chi connectivity index (χ0) is 13.5. The first-order valence-corrected chi connectivity index (χ1v) is 6.69. The third-order valence-corrected chi connectivity index (χ3v) is 3.99. The van der Waals surface area contributed by atoms with E-state index in [2.05, 4.69) is 27.3 Å². The minimum Gasteiger partial charge on any atom is -0.381 e.